The molecule has 6 nitrogen and oxygen atoms in total. The number of amides is 1. The lowest BCUT2D eigenvalue weighted by atomic mass is 9.98. The summed E-state index contributed by atoms with van der Waals surface area (Å²) >= 11 is 0. The number of ether oxygens (including phenoxy) is 1. The number of carbonyl (C=O) groups is 1. The summed E-state index contributed by atoms with van der Waals surface area (Å²) in [6.45, 7) is 4.82. The topological polar surface area (TPSA) is 73.4 Å². The van der Waals surface area contributed by atoms with Gasteiger partial charge in [0.05, 0.1) is 18.5 Å². The first kappa shape index (κ1) is 13.9. The molecule has 0 bridgehead atoms. The van der Waals surface area contributed by atoms with Gasteiger partial charge in [0, 0.05) is 26.7 Å². The molecule has 1 aromatic rings. The van der Waals surface area contributed by atoms with Gasteiger partial charge in [0.15, 0.2) is 0 Å². The summed E-state index contributed by atoms with van der Waals surface area (Å²) in [5.41, 5.74) is 6.84. The minimum atomic E-state index is -0.0161. The van der Waals surface area contributed by atoms with Gasteiger partial charge in [0.1, 0.15) is 5.69 Å². The first-order valence-electron chi connectivity index (χ1n) is 6.76. The Balaban J connectivity index is 2.12. The standard InChI is InChI=1S/C13H22N4O2/c1-3-17-12(11(14)7-15-17)13(18)16-6-4-5-10(8-16)9-19-2/h7,10H,3-6,8-9,14H2,1-2H3. The van der Waals surface area contributed by atoms with Crippen molar-refractivity contribution in [2.45, 2.75) is 26.3 Å². The molecule has 0 spiro atoms. The van der Waals surface area contributed by atoms with E-state index in [9.17, 15) is 4.79 Å². The van der Waals surface area contributed by atoms with Crippen LogP contribution in [0.3, 0.4) is 0 Å². The molecule has 1 aromatic heterocycles. The van der Waals surface area contributed by atoms with Gasteiger partial charge in [-0.15, -0.1) is 0 Å². The van der Waals surface area contributed by atoms with Gasteiger partial charge in [-0.2, -0.15) is 5.10 Å². The number of aryl methyl sites for hydroxylation is 1. The van der Waals surface area contributed by atoms with Crippen LogP contribution in [-0.2, 0) is 11.3 Å². The number of piperidine rings is 1. The molecule has 106 valence electrons. The summed E-state index contributed by atoms with van der Waals surface area (Å²) in [6, 6.07) is 0. The van der Waals surface area contributed by atoms with Crippen LogP contribution < -0.4 is 5.73 Å². The molecule has 0 saturated carbocycles. The molecule has 1 fully saturated rings. The first-order chi connectivity index (χ1) is 9.17. The Kier molecular flexibility index (Phi) is 4.42. The predicted octanol–water partition coefficient (Wildman–Crippen LogP) is 0.984. The normalized spacial score (nSPS) is 19.7. The highest BCUT2D eigenvalue weighted by molar-refractivity contribution is 5.97. The molecule has 1 unspecified atom stereocenters. The third-order valence-corrected chi connectivity index (χ3v) is 3.58. The Bertz CT molecular complexity index is 442. The molecule has 0 aromatic carbocycles. The number of aromatic nitrogens is 2. The van der Waals surface area contributed by atoms with Crippen LogP contribution in [0.1, 0.15) is 30.3 Å². The van der Waals surface area contributed by atoms with E-state index in [4.69, 9.17) is 10.5 Å². The van der Waals surface area contributed by atoms with E-state index in [0.29, 0.717) is 30.5 Å². The number of nitrogens with zero attached hydrogens (tertiary/aromatic N) is 3. The summed E-state index contributed by atoms with van der Waals surface area (Å²) < 4.78 is 6.85. The number of carbonyl (C=O) groups excluding carboxylic acids is 1. The quantitative estimate of drug-likeness (QED) is 0.881. The molecule has 2 heterocycles. The Morgan fingerprint density at radius 3 is 3.11 bits per heavy atom. The van der Waals surface area contributed by atoms with Gasteiger partial charge < -0.3 is 15.4 Å². The van der Waals surface area contributed by atoms with Crippen LogP contribution in [-0.4, -0.2) is 47.4 Å². The molecule has 6 heteroatoms. The molecule has 19 heavy (non-hydrogen) atoms. The van der Waals surface area contributed by atoms with Crippen molar-refractivity contribution in [1.29, 1.82) is 0 Å². The molecule has 1 aliphatic heterocycles. The Labute approximate surface area is 113 Å². The molecule has 2 N–H and O–H groups in total. The fraction of sp³-hybridized carbons (Fsp3) is 0.692. The van der Waals surface area contributed by atoms with Crippen LogP contribution in [0.2, 0.25) is 0 Å². The maximum absolute atomic E-state index is 12.6. The van der Waals surface area contributed by atoms with Crippen molar-refractivity contribution >= 4 is 11.6 Å². The smallest absolute Gasteiger partial charge is 0.274 e. The maximum Gasteiger partial charge on any atom is 0.274 e. The number of hydrogen-bond acceptors (Lipinski definition) is 4. The number of nitrogen functional groups attached to an aromatic ring is 1. The molecular formula is C13H22N4O2. The minimum absolute atomic E-state index is 0.0161. The molecule has 1 saturated heterocycles. The number of rotatable bonds is 4. The zero-order chi connectivity index (χ0) is 13.8. The predicted molar refractivity (Wildman–Crippen MR) is 72.8 cm³/mol. The Hall–Kier alpha value is -1.56. The van der Waals surface area contributed by atoms with Gasteiger partial charge in [0.2, 0.25) is 0 Å². The summed E-state index contributed by atoms with van der Waals surface area (Å²) in [5.74, 6) is 0.402. The van der Waals surface area contributed by atoms with Crippen LogP contribution in [0.5, 0.6) is 0 Å². The van der Waals surface area contributed by atoms with Crippen molar-refractivity contribution in [3.63, 3.8) is 0 Å². The van der Waals surface area contributed by atoms with Crippen molar-refractivity contribution in [2.24, 2.45) is 5.92 Å². The van der Waals surface area contributed by atoms with Crippen LogP contribution >= 0.6 is 0 Å². The molecule has 1 atom stereocenters. The number of anilines is 1. The Morgan fingerprint density at radius 1 is 1.63 bits per heavy atom. The summed E-state index contributed by atoms with van der Waals surface area (Å²) in [4.78, 5) is 14.4. The second kappa shape index (κ2) is 6.06. The molecular weight excluding hydrogens is 244 g/mol. The van der Waals surface area contributed by atoms with Crippen LogP contribution in [0, 0.1) is 5.92 Å². The van der Waals surface area contributed by atoms with Gasteiger partial charge in [-0.3, -0.25) is 9.48 Å². The van der Waals surface area contributed by atoms with Crippen LogP contribution in [0.15, 0.2) is 6.20 Å². The largest absolute Gasteiger partial charge is 0.396 e. The average molecular weight is 266 g/mol. The van der Waals surface area contributed by atoms with Crippen LogP contribution in [0.4, 0.5) is 5.69 Å². The minimum Gasteiger partial charge on any atom is -0.396 e. The maximum atomic E-state index is 12.6. The van der Waals surface area contributed by atoms with Crippen molar-refractivity contribution in [1.82, 2.24) is 14.7 Å². The van der Waals surface area contributed by atoms with E-state index in [1.807, 2.05) is 11.8 Å². The third-order valence-electron chi connectivity index (χ3n) is 3.58. The van der Waals surface area contributed by atoms with Crippen molar-refractivity contribution in [2.75, 3.05) is 32.5 Å². The van der Waals surface area contributed by atoms with E-state index in [0.717, 1.165) is 25.9 Å². The van der Waals surface area contributed by atoms with E-state index in [2.05, 4.69) is 5.10 Å². The highest BCUT2D eigenvalue weighted by Gasteiger charge is 2.27. The SMILES string of the molecule is CCn1ncc(N)c1C(=O)N1CCCC(COC)C1. The van der Waals surface area contributed by atoms with E-state index in [1.165, 1.54) is 0 Å². The Morgan fingerprint density at radius 2 is 2.42 bits per heavy atom. The van der Waals surface area contributed by atoms with Gasteiger partial charge in [0.25, 0.3) is 5.91 Å². The second-order valence-corrected chi connectivity index (χ2v) is 4.98. The van der Waals surface area contributed by atoms with Gasteiger partial charge in [-0.25, -0.2) is 0 Å². The lowest BCUT2D eigenvalue weighted by Crippen LogP contribution is -2.42. The van der Waals surface area contributed by atoms with Gasteiger partial charge >= 0.3 is 0 Å². The van der Waals surface area contributed by atoms with E-state index < -0.39 is 0 Å². The van der Waals surface area contributed by atoms with Crippen molar-refractivity contribution < 1.29 is 9.53 Å². The van der Waals surface area contributed by atoms with Crippen LogP contribution in [0.25, 0.3) is 0 Å². The zero-order valence-electron chi connectivity index (χ0n) is 11.6. The molecule has 0 radical (unpaired) electrons. The van der Waals surface area contributed by atoms with Crippen molar-refractivity contribution in [3.8, 4) is 0 Å². The van der Waals surface area contributed by atoms with E-state index in [1.54, 1.807) is 18.0 Å². The molecule has 2 rings (SSSR count). The monoisotopic (exact) mass is 266 g/mol. The first-order valence-corrected chi connectivity index (χ1v) is 6.76. The van der Waals surface area contributed by atoms with Gasteiger partial charge in [-0.05, 0) is 25.7 Å². The number of methoxy groups -OCH3 is 1. The summed E-state index contributed by atoms with van der Waals surface area (Å²) in [5, 5.41) is 4.12. The summed E-state index contributed by atoms with van der Waals surface area (Å²) in [6.07, 6.45) is 3.67. The lowest BCUT2D eigenvalue weighted by Gasteiger charge is -2.32. The molecule has 1 amide bonds. The molecule has 1 aliphatic rings. The summed E-state index contributed by atoms with van der Waals surface area (Å²) in [7, 11) is 1.70. The number of nitrogens with two attached hydrogens (primary N) is 1. The molecule has 0 aliphatic carbocycles. The zero-order valence-corrected chi connectivity index (χ0v) is 11.6. The number of hydrogen-bond donors (Lipinski definition) is 1. The average Bonchev–Trinajstić information content (AvgIpc) is 2.80. The van der Waals surface area contributed by atoms with Gasteiger partial charge in [-0.1, -0.05) is 0 Å². The van der Waals surface area contributed by atoms with Crippen molar-refractivity contribution in [3.05, 3.63) is 11.9 Å². The fourth-order valence-electron chi connectivity index (χ4n) is 2.64. The second-order valence-electron chi connectivity index (χ2n) is 4.98. The highest BCUT2D eigenvalue weighted by Crippen LogP contribution is 2.21. The van der Waals surface area contributed by atoms with E-state index in [-0.39, 0.29) is 5.91 Å². The third kappa shape index (κ3) is 2.89. The highest BCUT2D eigenvalue weighted by atomic mass is 16.5. The lowest BCUT2D eigenvalue weighted by molar-refractivity contribution is 0.0561. The van der Waals surface area contributed by atoms with E-state index >= 15 is 0 Å². The fourth-order valence-corrected chi connectivity index (χ4v) is 2.64. The number of likely N-dealkylation sites (tertiary alicyclic amines) is 1.